The molecule has 1 fully saturated rings. The number of hydrogen-bond donors (Lipinski definition) is 1. The largest absolute Gasteiger partial charge is 0.488 e. The normalized spacial score (nSPS) is 29.8. The Kier molecular flexibility index (Phi) is 4.34. The third-order valence-corrected chi connectivity index (χ3v) is 5.49. The highest BCUT2D eigenvalue weighted by Crippen LogP contribution is 2.29. The minimum Gasteiger partial charge on any atom is -0.488 e. The fourth-order valence-corrected chi connectivity index (χ4v) is 3.91. The molecule has 0 aromatic heterocycles. The van der Waals surface area contributed by atoms with Gasteiger partial charge in [0.05, 0.1) is 0 Å². The zero-order valence-electron chi connectivity index (χ0n) is 11.6. The maximum atomic E-state index is 5.97. The van der Waals surface area contributed by atoms with E-state index in [9.17, 15) is 0 Å². The van der Waals surface area contributed by atoms with E-state index in [2.05, 4.69) is 35.8 Å². The second-order valence-electron chi connectivity index (χ2n) is 5.67. The number of benzene rings is 1. The molecule has 1 unspecified atom stereocenters. The van der Waals surface area contributed by atoms with Crippen LogP contribution in [0.3, 0.4) is 0 Å². The van der Waals surface area contributed by atoms with Crippen LogP contribution in [0, 0.1) is 0 Å². The molecule has 0 amide bonds. The number of ether oxygens (including phenoxy) is 1. The van der Waals surface area contributed by atoms with Crippen LogP contribution < -0.4 is 10.1 Å². The van der Waals surface area contributed by atoms with Gasteiger partial charge < -0.3 is 10.1 Å². The lowest BCUT2D eigenvalue weighted by atomic mass is 9.95. The average Bonchev–Trinajstić information content (AvgIpc) is 2.88. The number of rotatable bonds is 4. The summed E-state index contributed by atoms with van der Waals surface area (Å²) < 4.78 is 5.97. The highest BCUT2D eigenvalue weighted by molar-refractivity contribution is 7.99. The highest BCUT2D eigenvalue weighted by atomic mass is 32.2. The van der Waals surface area contributed by atoms with E-state index in [1.54, 1.807) is 0 Å². The highest BCUT2D eigenvalue weighted by Gasteiger charge is 2.25. The van der Waals surface area contributed by atoms with Crippen LogP contribution in [0.1, 0.15) is 31.2 Å². The summed E-state index contributed by atoms with van der Waals surface area (Å²) in [5.74, 6) is 1.08. The first-order valence-corrected chi connectivity index (χ1v) is 8.64. The molecule has 0 spiro atoms. The third kappa shape index (κ3) is 3.26. The number of nitrogens with one attached hydrogen (secondary N) is 1. The van der Waals surface area contributed by atoms with E-state index >= 15 is 0 Å². The van der Waals surface area contributed by atoms with Gasteiger partial charge in [0.2, 0.25) is 0 Å². The standard InChI is InChI=1S/C16H23NOS/c1-19-15-8-6-13(7-9-15)17-11-14-10-12-4-2-3-5-16(12)18-14/h2-5,13-15,17H,6-11H2,1H3. The monoisotopic (exact) mass is 277 g/mol. The van der Waals surface area contributed by atoms with Crippen molar-refractivity contribution >= 4 is 11.8 Å². The molecule has 0 radical (unpaired) electrons. The molecule has 2 aliphatic rings. The summed E-state index contributed by atoms with van der Waals surface area (Å²) in [6.07, 6.45) is 9.01. The summed E-state index contributed by atoms with van der Waals surface area (Å²) in [7, 11) is 0. The quantitative estimate of drug-likeness (QED) is 0.913. The molecule has 3 rings (SSSR count). The van der Waals surface area contributed by atoms with Gasteiger partial charge in [-0.15, -0.1) is 0 Å². The number of thioether (sulfide) groups is 1. The number of fused-ring (bicyclic) bond motifs is 1. The first-order chi connectivity index (χ1) is 9.35. The Labute approximate surface area is 120 Å². The SMILES string of the molecule is CSC1CCC(NCC2Cc3ccccc3O2)CC1. The van der Waals surface area contributed by atoms with E-state index in [4.69, 9.17) is 4.74 Å². The van der Waals surface area contributed by atoms with Gasteiger partial charge in [-0.3, -0.25) is 0 Å². The molecule has 1 aliphatic carbocycles. The van der Waals surface area contributed by atoms with Crippen LogP contribution >= 0.6 is 11.8 Å². The minimum atomic E-state index is 0.329. The lowest BCUT2D eigenvalue weighted by Crippen LogP contribution is -2.39. The van der Waals surface area contributed by atoms with Crippen LogP contribution in [0.4, 0.5) is 0 Å². The topological polar surface area (TPSA) is 21.3 Å². The average molecular weight is 277 g/mol. The van der Waals surface area contributed by atoms with Gasteiger partial charge in [-0.25, -0.2) is 0 Å². The Bertz CT molecular complexity index is 390. The number of hydrogen-bond acceptors (Lipinski definition) is 3. The number of para-hydroxylation sites is 1. The zero-order valence-corrected chi connectivity index (χ0v) is 12.4. The van der Waals surface area contributed by atoms with Crippen LogP contribution in [0.5, 0.6) is 5.75 Å². The predicted molar refractivity (Wildman–Crippen MR) is 82.1 cm³/mol. The van der Waals surface area contributed by atoms with Gasteiger partial charge in [-0.2, -0.15) is 11.8 Å². The lowest BCUT2D eigenvalue weighted by molar-refractivity contribution is 0.214. The lowest BCUT2D eigenvalue weighted by Gasteiger charge is -2.28. The van der Waals surface area contributed by atoms with Gasteiger partial charge in [0.1, 0.15) is 11.9 Å². The Balaban J connectivity index is 1.43. The van der Waals surface area contributed by atoms with Crippen molar-refractivity contribution < 1.29 is 4.74 Å². The Morgan fingerprint density at radius 2 is 2.00 bits per heavy atom. The van der Waals surface area contributed by atoms with Gasteiger partial charge in [0, 0.05) is 24.3 Å². The molecule has 1 N–H and O–H groups in total. The van der Waals surface area contributed by atoms with Crippen molar-refractivity contribution in [3.63, 3.8) is 0 Å². The van der Waals surface area contributed by atoms with Crippen LogP contribution in [0.25, 0.3) is 0 Å². The summed E-state index contributed by atoms with van der Waals surface area (Å²) >= 11 is 2.03. The molecule has 1 aromatic carbocycles. The Hall–Kier alpha value is -0.670. The molecule has 2 nitrogen and oxygen atoms in total. The smallest absolute Gasteiger partial charge is 0.123 e. The molecular formula is C16H23NOS. The summed E-state index contributed by atoms with van der Waals surface area (Å²) in [6, 6.07) is 9.12. The first kappa shape index (κ1) is 13.3. The maximum Gasteiger partial charge on any atom is 0.123 e. The van der Waals surface area contributed by atoms with Crippen molar-refractivity contribution in [2.45, 2.75) is 49.5 Å². The summed E-state index contributed by atoms with van der Waals surface area (Å²) in [5, 5.41) is 4.60. The van der Waals surface area contributed by atoms with Crippen molar-refractivity contribution in [1.82, 2.24) is 5.32 Å². The molecule has 0 saturated heterocycles. The van der Waals surface area contributed by atoms with Gasteiger partial charge in [0.15, 0.2) is 0 Å². The molecule has 1 aromatic rings. The van der Waals surface area contributed by atoms with E-state index in [0.29, 0.717) is 12.1 Å². The van der Waals surface area contributed by atoms with E-state index in [1.165, 1.54) is 31.2 Å². The first-order valence-electron chi connectivity index (χ1n) is 7.36. The zero-order chi connectivity index (χ0) is 13.1. The molecule has 1 saturated carbocycles. The van der Waals surface area contributed by atoms with E-state index in [0.717, 1.165) is 24.0 Å². The van der Waals surface area contributed by atoms with Gasteiger partial charge in [-0.1, -0.05) is 18.2 Å². The Morgan fingerprint density at radius 1 is 1.21 bits per heavy atom. The predicted octanol–water partition coefficient (Wildman–Crippen LogP) is 3.25. The van der Waals surface area contributed by atoms with Gasteiger partial charge in [0.25, 0.3) is 0 Å². The van der Waals surface area contributed by atoms with Crippen molar-refractivity contribution in [2.24, 2.45) is 0 Å². The molecule has 0 bridgehead atoms. The van der Waals surface area contributed by atoms with Crippen molar-refractivity contribution in [3.8, 4) is 5.75 Å². The van der Waals surface area contributed by atoms with E-state index in [-0.39, 0.29) is 0 Å². The van der Waals surface area contributed by atoms with Crippen LogP contribution in [-0.4, -0.2) is 30.2 Å². The summed E-state index contributed by atoms with van der Waals surface area (Å²) in [4.78, 5) is 0. The maximum absolute atomic E-state index is 5.97. The van der Waals surface area contributed by atoms with Crippen molar-refractivity contribution in [2.75, 3.05) is 12.8 Å². The minimum absolute atomic E-state index is 0.329. The second-order valence-corrected chi connectivity index (χ2v) is 6.81. The molecule has 1 aliphatic heterocycles. The van der Waals surface area contributed by atoms with Gasteiger partial charge in [-0.05, 0) is 43.6 Å². The molecule has 1 heterocycles. The molecule has 1 atom stereocenters. The van der Waals surface area contributed by atoms with Crippen molar-refractivity contribution in [1.29, 1.82) is 0 Å². The molecule has 104 valence electrons. The van der Waals surface area contributed by atoms with Crippen LogP contribution in [0.15, 0.2) is 24.3 Å². The molecule has 3 heteroatoms. The third-order valence-electron chi connectivity index (χ3n) is 4.36. The second kappa shape index (κ2) is 6.19. The molecule has 19 heavy (non-hydrogen) atoms. The van der Waals surface area contributed by atoms with Crippen LogP contribution in [0.2, 0.25) is 0 Å². The van der Waals surface area contributed by atoms with E-state index < -0.39 is 0 Å². The summed E-state index contributed by atoms with van der Waals surface area (Å²) in [5.41, 5.74) is 1.36. The summed E-state index contributed by atoms with van der Waals surface area (Å²) in [6.45, 7) is 0.989. The van der Waals surface area contributed by atoms with E-state index in [1.807, 2.05) is 11.8 Å². The fraction of sp³-hybridized carbons (Fsp3) is 0.625. The fourth-order valence-electron chi connectivity index (χ4n) is 3.17. The van der Waals surface area contributed by atoms with Crippen molar-refractivity contribution in [3.05, 3.63) is 29.8 Å². The Morgan fingerprint density at radius 3 is 2.74 bits per heavy atom. The molecular weight excluding hydrogens is 254 g/mol. The van der Waals surface area contributed by atoms with Gasteiger partial charge >= 0.3 is 0 Å². The van der Waals surface area contributed by atoms with Crippen LogP contribution in [-0.2, 0) is 6.42 Å².